The zero-order valence-electron chi connectivity index (χ0n) is 14.8. The summed E-state index contributed by atoms with van der Waals surface area (Å²) in [6, 6.07) is 5.86. The number of hydrogen-bond acceptors (Lipinski definition) is 2. The van der Waals surface area contributed by atoms with Crippen LogP contribution in [0.25, 0.3) is 4.85 Å². The Balaban J connectivity index is 1.66. The van der Waals surface area contributed by atoms with Crippen LogP contribution < -0.4 is 0 Å². The number of phenols is 1. The summed E-state index contributed by atoms with van der Waals surface area (Å²) in [6.07, 6.45) is 5.94. The summed E-state index contributed by atoms with van der Waals surface area (Å²) in [5.41, 5.74) is 1.60. The van der Waals surface area contributed by atoms with E-state index in [1.165, 1.54) is 11.1 Å². The standard InChI is InChI=1S/C22H25NO2/c1-21-11-8-18-17-7-5-16(24)14-15(17)4-6-19(18)20(21)9-12-22(21,25)10-3-13-23-2/h5,7,14,18-20,24-25H,4,6,8-9,11-13H2,1H3/t18-,19-,20+,21+,22+/m1/s1. The summed E-state index contributed by atoms with van der Waals surface area (Å²) in [4.78, 5) is 3.30. The highest BCUT2D eigenvalue weighted by atomic mass is 16.3. The summed E-state index contributed by atoms with van der Waals surface area (Å²) >= 11 is 0. The molecule has 0 spiro atoms. The third-order valence-corrected chi connectivity index (χ3v) is 7.31. The minimum Gasteiger partial charge on any atom is -0.508 e. The SMILES string of the molecule is [C-]#[N+]CC#C[C@]1(O)CC[C@H]2[C@@H]3CCc4cc(O)ccc4[C@H]3CC[C@@]21C. The molecule has 130 valence electrons. The van der Waals surface area contributed by atoms with Crippen LogP contribution in [-0.2, 0) is 6.42 Å². The smallest absolute Gasteiger partial charge is 0.274 e. The van der Waals surface area contributed by atoms with Crippen LogP contribution in [0.15, 0.2) is 18.2 Å². The molecule has 3 nitrogen and oxygen atoms in total. The molecule has 0 amide bonds. The fraction of sp³-hybridized carbons (Fsp3) is 0.591. The van der Waals surface area contributed by atoms with E-state index >= 15 is 0 Å². The highest BCUT2D eigenvalue weighted by molar-refractivity contribution is 5.40. The van der Waals surface area contributed by atoms with E-state index in [-0.39, 0.29) is 12.0 Å². The molecule has 25 heavy (non-hydrogen) atoms. The van der Waals surface area contributed by atoms with Gasteiger partial charge in [0.15, 0.2) is 0 Å². The van der Waals surface area contributed by atoms with E-state index in [9.17, 15) is 10.2 Å². The molecular weight excluding hydrogens is 310 g/mol. The molecule has 2 N–H and O–H groups in total. The molecule has 2 saturated carbocycles. The first-order valence-electron chi connectivity index (χ1n) is 9.36. The van der Waals surface area contributed by atoms with Gasteiger partial charge in [0.2, 0.25) is 0 Å². The average molecular weight is 335 g/mol. The van der Waals surface area contributed by atoms with Gasteiger partial charge in [0.1, 0.15) is 11.4 Å². The van der Waals surface area contributed by atoms with Gasteiger partial charge in [-0.25, -0.2) is 6.57 Å². The van der Waals surface area contributed by atoms with Crippen molar-refractivity contribution in [1.29, 1.82) is 0 Å². The van der Waals surface area contributed by atoms with Gasteiger partial charge < -0.3 is 15.1 Å². The van der Waals surface area contributed by atoms with Crippen LogP contribution in [0.3, 0.4) is 0 Å². The quantitative estimate of drug-likeness (QED) is 0.558. The van der Waals surface area contributed by atoms with Crippen molar-refractivity contribution in [3.8, 4) is 17.6 Å². The van der Waals surface area contributed by atoms with E-state index in [0.29, 0.717) is 23.5 Å². The number of fused-ring (bicyclic) bond motifs is 5. The monoisotopic (exact) mass is 335 g/mol. The maximum Gasteiger partial charge on any atom is 0.274 e. The van der Waals surface area contributed by atoms with Crippen molar-refractivity contribution in [2.75, 3.05) is 6.54 Å². The van der Waals surface area contributed by atoms with Gasteiger partial charge in [0.05, 0.1) is 0 Å². The molecule has 3 aliphatic carbocycles. The Morgan fingerprint density at radius 3 is 2.92 bits per heavy atom. The summed E-state index contributed by atoms with van der Waals surface area (Å²) in [7, 11) is 0. The van der Waals surface area contributed by atoms with Crippen LogP contribution in [0.4, 0.5) is 0 Å². The molecule has 0 saturated heterocycles. The molecule has 0 radical (unpaired) electrons. The summed E-state index contributed by atoms with van der Waals surface area (Å²) in [5.74, 6) is 7.95. The summed E-state index contributed by atoms with van der Waals surface area (Å²) in [5, 5.41) is 21.1. The van der Waals surface area contributed by atoms with E-state index in [4.69, 9.17) is 6.57 Å². The summed E-state index contributed by atoms with van der Waals surface area (Å²) in [6.45, 7) is 9.29. The first-order valence-corrected chi connectivity index (χ1v) is 9.36. The summed E-state index contributed by atoms with van der Waals surface area (Å²) < 4.78 is 0. The van der Waals surface area contributed by atoms with E-state index in [1.807, 2.05) is 12.1 Å². The van der Waals surface area contributed by atoms with E-state index in [1.54, 1.807) is 0 Å². The third kappa shape index (κ3) is 2.37. The van der Waals surface area contributed by atoms with Crippen LogP contribution >= 0.6 is 0 Å². The predicted molar refractivity (Wildman–Crippen MR) is 96.9 cm³/mol. The Morgan fingerprint density at radius 1 is 1.28 bits per heavy atom. The number of benzene rings is 1. The average Bonchev–Trinajstić information content (AvgIpc) is 2.86. The van der Waals surface area contributed by atoms with Gasteiger partial charge in [-0.05, 0) is 85.5 Å². The maximum atomic E-state index is 11.3. The lowest BCUT2D eigenvalue weighted by Crippen LogP contribution is -2.50. The Hall–Kier alpha value is -1.97. The molecule has 3 aliphatic rings. The van der Waals surface area contributed by atoms with Gasteiger partial charge in [0.25, 0.3) is 6.54 Å². The molecule has 3 heteroatoms. The number of phenolic OH excluding ortho intramolecular Hbond substituents is 1. The van der Waals surface area contributed by atoms with Crippen molar-refractivity contribution in [2.24, 2.45) is 17.3 Å². The minimum atomic E-state index is -0.942. The Kier molecular flexibility index (Phi) is 3.82. The fourth-order valence-electron chi connectivity index (χ4n) is 6.02. The number of nitrogens with zero attached hydrogens (tertiary/aromatic N) is 1. The molecule has 4 rings (SSSR count). The molecule has 2 fully saturated rings. The van der Waals surface area contributed by atoms with Crippen LogP contribution in [0.5, 0.6) is 5.75 Å². The van der Waals surface area contributed by atoms with Gasteiger partial charge in [-0.2, -0.15) is 0 Å². The molecule has 1 aromatic carbocycles. The van der Waals surface area contributed by atoms with E-state index in [0.717, 1.165) is 38.5 Å². The molecule has 0 bridgehead atoms. The normalized spacial score (nSPS) is 38.5. The molecular formula is C22H25NO2. The predicted octanol–water partition coefficient (Wildman–Crippen LogP) is 3.90. The largest absolute Gasteiger partial charge is 0.508 e. The molecule has 5 atom stereocenters. The zero-order valence-corrected chi connectivity index (χ0v) is 14.8. The first kappa shape index (κ1) is 16.5. The van der Waals surface area contributed by atoms with Crippen LogP contribution in [-0.4, -0.2) is 22.4 Å². The fourth-order valence-corrected chi connectivity index (χ4v) is 6.02. The molecule has 0 heterocycles. The molecule has 1 aromatic rings. The lowest BCUT2D eigenvalue weighted by Gasteiger charge is -2.52. The zero-order chi connectivity index (χ0) is 17.7. The van der Waals surface area contributed by atoms with Gasteiger partial charge in [-0.1, -0.05) is 18.9 Å². The number of aryl methyl sites for hydroxylation is 1. The third-order valence-electron chi connectivity index (χ3n) is 7.31. The van der Waals surface area contributed by atoms with Gasteiger partial charge in [-0.3, -0.25) is 0 Å². The maximum absolute atomic E-state index is 11.3. The second-order valence-electron chi connectivity index (χ2n) is 8.27. The van der Waals surface area contributed by atoms with Gasteiger partial charge in [-0.15, -0.1) is 0 Å². The number of hydrogen-bond donors (Lipinski definition) is 2. The van der Waals surface area contributed by atoms with Crippen LogP contribution in [0.1, 0.15) is 56.1 Å². The Bertz CT molecular complexity index is 798. The van der Waals surface area contributed by atoms with Crippen molar-refractivity contribution >= 4 is 0 Å². The molecule has 0 unspecified atom stereocenters. The Morgan fingerprint density at radius 2 is 2.12 bits per heavy atom. The topological polar surface area (TPSA) is 44.8 Å². The van der Waals surface area contributed by atoms with Gasteiger partial charge in [0, 0.05) is 5.41 Å². The van der Waals surface area contributed by atoms with Crippen LogP contribution in [0.2, 0.25) is 0 Å². The Labute approximate surface area is 149 Å². The number of aliphatic hydroxyl groups is 1. The van der Waals surface area contributed by atoms with Crippen molar-refractivity contribution in [2.45, 2.75) is 57.0 Å². The second kappa shape index (κ2) is 5.79. The lowest BCUT2D eigenvalue weighted by molar-refractivity contribution is -0.0648. The molecule has 0 aromatic heterocycles. The van der Waals surface area contributed by atoms with Gasteiger partial charge >= 0.3 is 0 Å². The van der Waals surface area contributed by atoms with Crippen molar-refractivity contribution in [3.63, 3.8) is 0 Å². The van der Waals surface area contributed by atoms with Crippen molar-refractivity contribution in [3.05, 3.63) is 40.7 Å². The van der Waals surface area contributed by atoms with Crippen molar-refractivity contribution < 1.29 is 10.2 Å². The number of rotatable bonds is 0. The highest BCUT2D eigenvalue weighted by Crippen LogP contribution is 2.64. The minimum absolute atomic E-state index is 0.169. The molecule has 0 aliphatic heterocycles. The van der Waals surface area contributed by atoms with Crippen LogP contribution in [0, 0.1) is 35.7 Å². The van der Waals surface area contributed by atoms with E-state index in [2.05, 4.69) is 29.7 Å². The number of aromatic hydroxyl groups is 1. The van der Waals surface area contributed by atoms with E-state index < -0.39 is 5.60 Å². The lowest BCUT2D eigenvalue weighted by atomic mass is 9.53. The van der Waals surface area contributed by atoms with Crippen molar-refractivity contribution in [1.82, 2.24) is 0 Å². The first-order chi connectivity index (χ1) is 12.0. The second-order valence-corrected chi connectivity index (χ2v) is 8.27. The highest BCUT2D eigenvalue weighted by Gasteiger charge is 2.61.